The van der Waals surface area contributed by atoms with Crippen LogP contribution >= 0.6 is 11.3 Å². The Kier molecular flexibility index (Phi) is 3.86. The summed E-state index contributed by atoms with van der Waals surface area (Å²) < 4.78 is 1.62. The molecule has 0 radical (unpaired) electrons. The van der Waals surface area contributed by atoms with Gasteiger partial charge >= 0.3 is 0 Å². The standard InChI is InChI=1S/C19H18N6OS/c1-11-4-5-14-13(7-11)15-17-23-16(24-25(17)10-22-19(15)27-14)18(26)21-9-12-3-2-6-20-8-12/h2-3,6,8,10-11H,4-5,7,9H2,1H3,(H,21,26)/t11-/m1/s1. The molecule has 0 spiro atoms. The van der Waals surface area contributed by atoms with Gasteiger partial charge in [-0.2, -0.15) is 0 Å². The van der Waals surface area contributed by atoms with E-state index in [9.17, 15) is 4.79 Å². The molecule has 7 nitrogen and oxygen atoms in total. The van der Waals surface area contributed by atoms with Gasteiger partial charge in [-0.05, 0) is 42.4 Å². The number of carbonyl (C=O) groups excluding carboxylic acids is 1. The second-order valence-corrected chi connectivity index (χ2v) is 8.11. The molecule has 4 aromatic rings. The first-order valence-electron chi connectivity index (χ1n) is 9.02. The Bertz CT molecular complexity index is 1150. The minimum Gasteiger partial charge on any atom is -0.345 e. The van der Waals surface area contributed by atoms with Gasteiger partial charge in [0.15, 0.2) is 5.65 Å². The molecule has 1 N–H and O–H groups in total. The zero-order chi connectivity index (χ0) is 18.4. The largest absolute Gasteiger partial charge is 0.345 e. The first kappa shape index (κ1) is 16.3. The Balaban J connectivity index is 1.50. The number of aryl methyl sites for hydroxylation is 1. The molecule has 0 fully saturated rings. The minimum absolute atomic E-state index is 0.164. The van der Waals surface area contributed by atoms with Crippen LogP contribution in [0, 0.1) is 5.92 Å². The fourth-order valence-corrected chi connectivity index (χ4v) is 4.79. The molecule has 0 aliphatic heterocycles. The third-order valence-corrected chi connectivity index (χ3v) is 6.21. The third-order valence-electron chi connectivity index (χ3n) is 5.01. The summed E-state index contributed by atoms with van der Waals surface area (Å²) in [7, 11) is 0. The molecule has 4 heterocycles. The Hall–Kier alpha value is -2.87. The summed E-state index contributed by atoms with van der Waals surface area (Å²) in [6.07, 6.45) is 8.42. The van der Waals surface area contributed by atoms with Gasteiger partial charge in [0.25, 0.3) is 5.91 Å². The fraction of sp³-hybridized carbons (Fsp3) is 0.316. The van der Waals surface area contributed by atoms with Gasteiger partial charge in [-0.1, -0.05) is 13.0 Å². The van der Waals surface area contributed by atoms with Crippen molar-refractivity contribution in [2.45, 2.75) is 32.7 Å². The number of nitrogens with zero attached hydrogens (tertiary/aromatic N) is 5. The third kappa shape index (κ3) is 2.86. The highest BCUT2D eigenvalue weighted by molar-refractivity contribution is 7.19. The highest BCUT2D eigenvalue weighted by Gasteiger charge is 2.24. The van der Waals surface area contributed by atoms with Crippen molar-refractivity contribution in [3.63, 3.8) is 0 Å². The number of thiophene rings is 1. The van der Waals surface area contributed by atoms with Gasteiger partial charge in [0.1, 0.15) is 11.2 Å². The molecule has 1 aliphatic rings. The molecule has 0 aromatic carbocycles. The first-order valence-corrected chi connectivity index (χ1v) is 9.83. The summed E-state index contributed by atoms with van der Waals surface area (Å²) in [5.74, 6) is 0.519. The van der Waals surface area contributed by atoms with E-state index >= 15 is 0 Å². The van der Waals surface area contributed by atoms with E-state index in [1.54, 1.807) is 34.6 Å². The monoisotopic (exact) mass is 378 g/mol. The Morgan fingerprint density at radius 1 is 1.44 bits per heavy atom. The van der Waals surface area contributed by atoms with E-state index in [0.29, 0.717) is 12.5 Å². The Morgan fingerprint density at radius 2 is 2.37 bits per heavy atom. The number of rotatable bonds is 3. The molecule has 1 atom stereocenters. The summed E-state index contributed by atoms with van der Waals surface area (Å²) in [6, 6.07) is 3.75. The highest BCUT2D eigenvalue weighted by Crippen LogP contribution is 2.38. The van der Waals surface area contributed by atoms with Crippen molar-refractivity contribution in [3.05, 3.63) is 52.7 Å². The van der Waals surface area contributed by atoms with Gasteiger partial charge in [-0.25, -0.2) is 14.5 Å². The van der Waals surface area contributed by atoms with E-state index in [1.807, 2.05) is 12.1 Å². The van der Waals surface area contributed by atoms with E-state index in [2.05, 4.69) is 32.3 Å². The second-order valence-electron chi connectivity index (χ2n) is 7.02. The summed E-state index contributed by atoms with van der Waals surface area (Å²) in [4.78, 5) is 28.0. The van der Waals surface area contributed by atoms with Crippen molar-refractivity contribution < 1.29 is 4.79 Å². The molecule has 8 heteroatoms. The lowest BCUT2D eigenvalue weighted by Gasteiger charge is -2.17. The number of aromatic nitrogens is 5. The van der Waals surface area contributed by atoms with Crippen LogP contribution < -0.4 is 5.32 Å². The number of amides is 1. The topological polar surface area (TPSA) is 85.1 Å². The molecule has 0 bridgehead atoms. The van der Waals surface area contributed by atoms with Crippen molar-refractivity contribution in [1.82, 2.24) is 29.9 Å². The second kappa shape index (κ2) is 6.38. The van der Waals surface area contributed by atoms with Crippen LogP contribution in [0.3, 0.4) is 0 Å². The van der Waals surface area contributed by atoms with Gasteiger partial charge in [0.05, 0.1) is 5.39 Å². The van der Waals surface area contributed by atoms with Gasteiger partial charge in [-0.3, -0.25) is 9.78 Å². The van der Waals surface area contributed by atoms with Crippen molar-refractivity contribution in [1.29, 1.82) is 0 Å². The molecular formula is C19H18N6OS. The van der Waals surface area contributed by atoms with E-state index < -0.39 is 0 Å². The van der Waals surface area contributed by atoms with Gasteiger partial charge in [-0.15, -0.1) is 16.4 Å². The van der Waals surface area contributed by atoms with Crippen molar-refractivity contribution in [3.8, 4) is 0 Å². The van der Waals surface area contributed by atoms with Crippen LogP contribution in [0.2, 0.25) is 0 Å². The average Bonchev–Trinajstić information content (AvgIpc) is 3.27. The van der Waals surface area contributed by atoms with Crippen LogP contribution in [-0.2, 0) is 19.4 Å². The SMILES string of the molecule is C[C@@H]1CCc2sc3ncn4nc(C(=O)NCc5cccnc5)nc4c3c2C1. The van der Waals surface area contributed by atoms with Crippen LogP contribution in [0.15, 0.2) is 30.9 Å². The average molecular weight is 378 g/mol. The number of nitrogens with one attached hydrogen (secondary N) is 1. The van der Waals surface area contributed by atoms with Crippen LogP contribution in [0.5, 0.6) is 0 Å². The normalized spacial score (nSPS) is 16.6. The van der Waals surface area contributed by atoms with E-state index in [1.165, 1.54) is 16.9 Å². The van der Waals surface area contributed by atoms with E-state index in [4.69, 9.17) is 0 Å². The van der Waals surface area contributed by atoms with Gasteiger partial charge < -0.3 is 5.32 Å². The molecule has 136 valence electrons. The highest BCUT2D eigenvalue weighted by atomic mass is 32.1. The quantitative estimate of drug-likeness (QED) is 0.592. The number of carbonyl (C=O) groups is 1. The number of hydrogen-bond donors (Lipinski definition) is 1. The Labute approximate surface area is 159 Å². The summed E-state index contributed by atoms with van der Waals surface area (Å²) in [5.41, 5.74) is 2.99. The molecule has 4 aromatic heterocycles. The maximum Gasteiger partial charge on any atom is 0.291 e. The van der Waals surface area contributed by atoms with Crippen LogP contribution in [0.1, 0.15) is 40.0 Å². The van der Waals surface area contributed by atoms with Crippen LogP contribution in [0.4, 0.5) is 0 Å². The zero-order valence-electron chi connectivity index (χ0n) is 14.8. The number of pyridine rings is 1. The lowest BCUT2D eigenvalue weighted by atomic mass is 9.89. The smallest absolute Gasteiger partial charge is 0.291 e. The minimum atomic E-state index is -0.298. The molecule has 0 saturated carbocycles. The molecular weight excluding hydrogens is 360 g/mol. The van der Waals surface area contributed by atoms with Crippen molar-refractivity contribution >= 4 is 33.1 Å². The predicted molar refractivity (Wildman–Crippen MR) is 103 cm³/mol. The van der Waals surface area contributed by atoms with Crippen LogP contribution in [0.25, 0.3) is 15.9 Å². The molecule has 27 heavy (non-hydrogen) atoms. The van der Waals surface area contributed by atoms with E-state index in [0.717, 1.165) is 34.3 Å². The molecule has 1 aliphatic carbocycles. The molecule has 0 saturated heterocycles. The predicted octanol–water partition coefficient (Wildman–Crippen LogP) is 2.79. The Morgan fingerprint density at radius 3 is 3.22 bits per heavy atom. The summed E-state index contributed by atoms with van der Waals surface area (Å²) in [5, 5.41) is 8.25. The number of fused-ring (bicyclic) bond motifs is 5. The zero-order valence-corrected chi connectivity index (χ0v) is 15.7. The summed E-state index contributed by atoms with van der Waals surface area (Å²) >= 11 is 1.74. The van der Waals surface area contributed by atoms with Crippen molar-refractivity contribution in [2.75, 3.05) is 0 Å². The lowest BCUT2D eigenvalue weighted by molar-refractivity contribution is 0.0940. The first-order chi connectivity index (χ1) is 13.2. The van der Waals surface area contributed by atoms with E-state index in [-0.39, 0.29) is 11.7 Å². The van der Waals surface area contributed by atoms with Gasteiger partial charge in [0.2, 0.25) is 5.82 Å². The maximum absolute atomic E-state index is 12.5. The fourth-order valence-electron chi connectivity index (χ4n) is 3.61. The summed E-state index contributed by atoms with van der Waals surface area (Å²) in [6.45, 7) is 2.67. The van der Waals surface area contributed by atoms with Gasteiger partial charge in [0, 0.05) is 23.8 Å². The number of hydrogen-bond acceptors (Lipinski definition) is 6. The molecule has 0 unspecified atom stereocenters. The van der Waals surface area contributed by atoms with Crippen molar-refractivity contribution in [2.24, 2.45) is 5.92 Å². The molecule has 5 rings (SSSR count). The lowest BCUT2D eigenvalue weighted by Crippen LogP contribution is -2.24. The maximum atomic E-state index is 12.5. The molecule has 1 amide bonds. The van der Waals surface area contributed by atoms with Crippen LogP contribution in [-0.4, -0.2) is 30.5 Å².